The van der Waals surface area contributed by atoms with E-state index in [1.54, 1.807) is 6.33 Å². The summed E-state index contributed by atoms with van der Waals surface area (Å²) in [7, 11) is 0. The average Bonchev–Trinajstić information content (AvgIpc) is 3.16. The second-order valence-electron chi connectivity index (χ2n) is 6.21. The van der Waals surface area contributed by atoms with Gasteiger partial charge in [-0.25, -0.2) is 4.98 Å². The Morgan fingerprint density at radius 1 is 0.520 bits per heavy atom. The molecule has 0 spiro atoms. The Labute approximate surface area is 145 Å². The van der Waals surface area contributed by atoms with E-state index in [4.69, 9.17) is 0 Å². The van der Waals surface area contributed by atoms with Gasteiger partial charge in [0.05, 0.1) is 17.4 Å². The maximum Gasteiger partial charge on any atom is 0.0931 e. The lowest BCUT2D eigenvalue weighted by atomic mass is 9.95. The van der Waals surface area contributed by atoms with Gasteiger partial charge in [0.1, 0.15) is 0 Å². The summed E-state index contributed by atoms with van der Waals surface area (Å²) in [6.45, 7) is 0. The number of imidazole rings is 1. The topological polar surface area (TPSA) is 28.7 Å². The van der Waals surface area contributed by atoms with E-state index in [9.17, 15) is 0 Å². The first-order valence-corrected chi connectivity index (χ1v) is 8.41. The molecule has 0 saturated carbocycles. The van der Waals surface area contributed by atoms with E-state index < -0.39 is 0 Å². The molecule has 0 bridgehead atoms. The van der Waals surface area contributed by atoms with Crippen molar-refractivity contribution in [1.82, 2.24) is 9.97 Å². The van der Waals surface area contributed by atoms with Gasteiger partial charge < -0.3 is 4.98 Å². The molecule has 0 saturated heterocycles. The zero-order valence-corrected chi connectivity index (χ0v) is 13.6. The van der Waals surface area contributed by atoms with Crippen LogP contribution in [-0.2, 0) is 0 Å². The molecule has 0 aliphatic heterocycles. The predicted octanol–water partition coefficient (Wildman–Crippen LogP) is 6.15. The van der Waals surface area contributed by atoms with Crippen molar-refractivity contribution in [3.8, 4) is 0 Å². The number of nitrogens with zero attached hydrogens (tertiary/aromatic N) is 1. The molecule has 6 aromatic rings. The van der Waals surface area contributed by atoms with Crippen LogP contribution in [0.25, 0.3) is 43.4 Å². The number of aromatic nitrogens is 2. The molecule has 0 aliphatic carbocycles. The first-order chi connectivity index (χ1) is 12.4. The maximum absolute atomic E-state index is 4.06. The van der Waals surface area contributed by atoms with Gasteiger partial charge in [-0.1, -0.05) is 72.8 Å². The summed E-state index contributed by atoms with van der Waals surface area (Å²) in [6, 6.07) is 29.8. The van der Waals surface area contributed by atoms with Crippen molar-refractivity contribution in [1.29, 1.82) is 0 Å². The lowest BCUT2D eigenvalue weighted by Crippen LogP contribution is -1.82. The third-order valence-electron chi connectivity index (χ3n) is 4.72. The van der Waals surface area contributed by atoms with E-state index in [0.29, 0.717) is 0 Å². The Kier molecular flexibility index (Phi) is 3.14. The molecule has 0 unspecified atom stereocenters. The van der Waals surface area contributed by atoms with Crippen LogP contribution in [0.4, 0.5) is 0 Å². The Balaban J connectivity index is 0.000000132. The summed E-state index contributed by atoms with van der Waals surface area (Å²) in [5, 5.41) is 8.14. The third-order valence-corrected chi connectivity index (χ3v) is 4.72. The highest BCUT2D eigenvalue weighted by molar-refractivity contribution is 6.22. The zero-order chi connectivity index (χ0) is 16.6. The fourth-order valence-corrected chi connectivity index (χ4v) is 3.55. The fraction of sp³-hybridized carbons (Fsp3) is 0. The minimum absolute atomic E-state index is 1.03. The molecule has 1 heterocycles. The van der Waals surface area contributed by atoms with Crippen LogP contribution in [0.15, 0.2) is 91.3 Å². The number of para-hydroxylation sites is 2. The highest BCUT2D eigenvalue weighted by Crippen LogP contribution is 2.33. The standard InChI is InChI=1S/C16H10.C7H6N2/c1-3-11-7-9-13-5-2-6-14-10-8-12(4-1)15(11)16(13)14;1-2-4-7-6(3-1)8-5-9-7/h1-10H;1-5H,(H,8,9). The van der Waals surface area contributed by atoms with Crippen molar-refractivity contribution in [3.63, 3.8) is 0 Å². The van der Waals surface area contributed by atoms with E-state index in [1.807, 2.05) is 24.3 Å². The first-order valence-electron chi connectivity index (χ1n) is 8.41. The molecule has 2 heteroatoms. The number of fused-ring (bicyclic) bond motifs is 1. The van der Waals surface area contributed by atoms with Crippen molar-refractivity contribution < 1.29 is 0 Å². The summed E-state index contributed by atoms with van der Waals surface area (Å²) in [5.74, 6) is 0. The van der Waals surface area contributed by atoms with E-state index in [-0.39, 0.29) is 0 Å². The number of hydrogen-bond acceptors (Lipinski definition) is 1. The molecule has 0 atom stereocenters. The molecular weight excluding hydrogens is 304 g/mol. The average molecular weight is 320 g/mol. The van der Waals surface area contributed by atoms with Crippen LogP contribution in [0.1, 0.15) is 0 Å². The Morgan fingerprint density at radius 2 is 1.04 bits per heavy atom. The second kappa shape index (κ2) is 5.60. The number of nitrogens with one attached hydrogen (secondary N) is 1. The van der Waals surface area contributed by atoms with Gasteiger partial charge in [-0.05, 0) is 44.5 Å². The molecule has 5 aromatic carbocycles. The molecule has 2 nitrogen and oxygen atoms in total. The minimum atomic E-state index is 1.03. The number of H-pyrrole nitrogens is 1. The van der Waals surface area contributed by atoms with Gasteiger partial charge >= 0.3 is 0 Å². The molecule has 0 aliphatic rings. The zero-order valence-electron chi connectivity index (χ0n) is 13.6. The SMILES string of the molecule is c1cc2ccc3cccc4ccc(c1)c2c34.c1ccc2[nH]cnc2c1. The van der Waals surface area contributed by atoms with Crippen LogP contribution in [0, 0.1) is 0 Å². The molecule has 6 rings (SSSR count). The summed E-state index contributed by atoms with van der Waals surface area (Å²) >= 11 is 0. The quantitative estimate of drug-likeness (QED) is 0.334. The normalized spacial score (nSPS) is 11.2. The van der Waals surface area contributed by atoms with Gasteiger partial charge in [-0.2, -0.15) is 0 Å². The van der Waals surface area contributed by atoms with Gasteiger partial charge in [0.2, 0.25) is 0 Å². The van der Waals surface area contributed by atoms with E-state index in [0.717, 1.165) is 11.0 Å². The molecule has 0 amide bonds. The minimum Gasteiger partial charge on any atom is -0.345 e. The molecule has 118 valence electrons. The second-order valence-corrected chi connectivity index (χ2v) is 6.21. The summed E-state index contributed by atoms with van der Waals surface area (Å²) in [5.41, 5.74) is 2.12. The van der Waals surface area contributed by atoms with E-state index >= 15 is 0 Å². The largest absolute Gasteiger partial charge is 0.345 e. The fourth-order valence-electron chi connectivity index (χ4n) is 3.55. The van der Waals surface area contributed by atoms with Crippen LogP contribution in [0.5, 0.6) is 0 Å². The van der Waals surface area contributed by atoms with Gasteiger partial charge in [0.15, 0.2) is 0 Å². The number of rotatable bonds is 0. The number of aromatic amines is 1. The molecule has 1 N–H and O–H groups in total. The predicted molar refractivity (Wildman–Crippen MR) is 106 cm³/mol. The van der Waals surface area contributed by atoms with Gasteiger partial charge in [0.25, 0.3) is 0 Å². The molecular formula is C23H16N2. The smallest absolute Gasteiger partial charge is 0.0931 e. The lowest BCUT2D eigenvalue weighted by molar-refractivity contribution is 1.34. The highest BCUT2D eigenvalue weighted by Gasteiger charge is 2.05. The van der Waals surface area contributed by atoms with E-state index in [2.05, 4.69) is 70.6 Å². The van der Waals surface area contributed by atoms with Crippen LogP contribution in [-0.4, -0.2) is 9.97 Å². The third kappa shape index (κ3) is 2.31. The highest BCUT2D eigenvalue weighted by atomic mass is 14.9. The van der Waals surface area contributed by atoms with E-state index in [1.165, 1.54) is 32.3 Å². The summed E-state index contributed by atoms with van der Waals surface area (Å²) in [6.07, 6.45) is 1.70. The Hall–Kier alpha value is -3.39. The maximum atomic E-state index is 4.06. The van der Waals surface area contributed by atoms with Crippen molar-refractivity contribution in [3.05, 3.63) is 91.3 Å². The van der Waals surface area contributed by atoms with Gasteiger partial charge in [-0.15, -0.1) is 0 Å². The molecule has 0 fully saturated rings. The molecule has 0 radical (unpaired) electrons. The van der Waals surface area contributed by atoms with Crippen molar-refractivity contribution >= 4 is 43.4 Å². The summed E-state index contributed by atoms with van der Waals surface area (Å²) < 4.78 is 0. The number of benzene rings is 5. The lowest BCUT2D eigenvalue weighted by Gasteiger charge is -2.09. The Morgan fingerprint density at radius 3 is 1.56 bits per heavy atom. The van der Waals surface area contributed by atoms with Gasteiger partial charge in [0, 0.05) is 0 Å². The van der Waals surface area contributed by atoms with Crippen LogP contribution in [0.2, 0.25) is 0 Å². The molecule has 25 heavy (non-hydrogen) atoms. The number of hydrogen-bond donors (Lipinski definition) is 1. The van der Waals surface area contributed by atoms with Crippen molar-refractivity contribution in [2.45, 2.75) is 0 Å². The van der Waals surface area contributed by atoms with Crippen LogP contribution < -0.4 is 0 Å². The first kappa shape index (κ1) is 14.0. The van der Waals surface area contributed by atoms with Crippen LogP contribution in [0.3, 0.4) is 0 Å². The van der Waals surface area contributed by atoms with Gasteiger partial charge in [-0.3, -0.25) is 0 Å². The van der Waals surface area contributed by atoms with Crippen LogP contribution >= 0.6 is 0 Å². The summed E-state index contributed by atoms with van der Waals surface area (Å²) in [4.78, 5) is 7.07. The molecule has 1 aromatic heterocycles. The van der Waals surface area contributed by atoms with Crippen molar-refractivity contribution in [2.24, 2.45) is 0 Å². The van der Waals surface area contributed by atoms with Crippen molar-refractivity contribution in [2.75, 3.05) is 0 Å². The monoisotopic (exact) mass is 320 g/mol. The Bertz CT molecular complexity index is 1140.